The van der Waals surface area contributed by atoms with Gasteiger partial charge >= 0.3 is 0 Å². The zero-order chi connectivity index (χ0) is 15.9. The van der Waals surface area contributed by atoms with Gasteiger partial charge in [-0.25, -0.2) is 12.1 Å². The van der Waals surface area contributed by atoms with E-state index in [2.05, 4.69) is 55.5 Å². The Morgan fingerprint density at radius 3 is 1.71 bits per heavy atom. The molecule has 1 heteroatoms. The molecule has 31 heavy (non-hydrogen) atoms. The molecule has 0 unspecified atom stereocenters. The first kappa shape index (κ1) is 43.4. The topological polar surface area (TPSA) is 0 Å². The van der Waals surface area contributed by atoms with Crippen molar-refractivity contribution >= 4 is 21.5 Å². The van der Waals surface area contributed by atoms with Crippen LogP contribution in [0.15, 0.2) is 78.9 Å². The first-order valence-electron chi connectivity index (χ1n) is 8.62. The van der Waals surface area contributed by atoms with E-state index in [1.807, 2.05) is 30.3 Å². The second-order valence-electron chi connectivity index (χ2n) is 6.06. The van der Waals surface area contributed by atoms with Crippen LogP contribution in [-0.4, -0.2) is 0 Å². The largest absolute Gasteiger partial charge is 0.358 e. The monoisotopic (exact) mass is 585 g/mol. The first-order valence-corrected chi connectivity index (χ1v) is 8.62. The number of hydrogen-bond donors (Lipinski definition) is 0. The number of unbranched alkanes of at least 4 members (excludes halogenated alkanes) is 2. The van der Waals surface area contributed by atoms with Crippen molar-refractivity contribution in [1.29, 1.82) is 0 Å². The van der Waals surface area contributed by atoms with Gasteiger partial charge in [-0.3, -0.25) is 0 Å². The predicted molar refractivity (Wildman–Crippen MR) is 147 cm³/mol. The molecule has 0 atom stereocenters. The van der Waals surface area contributed by atoms with Crippen LogP contribution in [0.5, 0.6) is 0 Å². The molecule has 4 aromatic rings. The minimum atomic E-state index is 0. The molecular formula is C30H45Hf-9. The molecule has 0 aromatic heterocycles. The molecule has 178 valence electrons. The summed E-state index contributed by atoms with van der Waals surface area (Å²) in [6.07, 6.45) is 5.15. The number of fused-ring (bicyclic) bond motifs is 2. The molecule has 0 fully saturated rings. The molecule has 0 aliphatic rings. The smallest absolute Gasteiger partial charge is 0 e. The third kappa shape index (κ3) is 12.2. The number of rotatable bonds is 4. The van der Waals surface area contributed by atoms with Crippen LogP contribution in [0.4, 0.5) is 0 Å². The molecular weight excluding hydrogens is 539 g/mol. The minimum Gasteiger partial charge on any atom is -0.358 e. The van der Waals surface area contributed by atoms with Crippen LogP contribution in [0, 0.1) is 52.0 Å². The van der Waals surface area contributed by atoms with Gasteiger partial charge in [0.05, 0.1) is 0 Å². The van der Waals surface area contributed by atoms with E-state index < -0.39 is 0 Å². The van der Waals surface area contributed by atoms with Gasteiger partial charge in [0, 0.05) is 25.8 Å². The fourth-order valence-corrected chi connectivity index (χ4v) is 3.06. The van der Waals surface area contributed by atoms with Crippen molar-refractivity contribution < 1.29 is 25.8 Å². The molecule has 0 spiro atoms. The molecule has 4 aromatic carbocycles. The Morgan fingerprint density at radius 2 is 1.23 bits per heavy atom. The van der Waals surface area contributed by atoms with Crippen LogP contribution in [0.25, 0.3) is 21.5 Å². The summed E-state index contributed by atoms with van der Waals surface area (Å²) in [5, 5.41) is 5.54. The molecule has 0 aliphatic carbocycles. The molecule has 0 nitrogen and oxygen atoms in total. The maximum absolute atomic E-state index is 2.35. The van der Waals surface area contributed by atoms with E-state index in [0.717, 1.165) is 0 Å². The molecule has 0 heterocycles. The molecule has 0 radical (unpaired) electrons. The molecule has 0 N–H and O–H groups in total. The van der Waals surface area contributed by atoms with Gasteiger partial charge in [-0.1, -0.05) is 68.3 Å². The van der Waals surface area contributed by atoms with Gasteiger partial charge in [0.25, 0.3) is 0 Å². The van der Waals surface area contributed by atoms with E-state index in [0.29, 0.717) is 0 Å². The van der Waals surface area contributed by atoms with Crippen molar-refractivity contribution in [2.75, 3.05) is 0 Å². The standard InChI is InChI=1S/C18H19.C5H5.7CH3.Hf/c1-2-3-4-7-14-10-11-17-12-15-8-5-6-9-16(15)13-18(14)17;1-2-4-5-3-1;;;;;;;;/h5-6,8-13H,2-4,7H2,1H3;1-5H;7*1H3;/q9*-1;. The Bertz CT molecular complexity index is 820. The summed E-state index contributed by atoms with van der Waals surface area (Å²) in [4.78, 5) is 0. The van der Waals surface area contributed by atoms with Crippen molar-refractivity contribution in [3.63, 3.8) is 0 Å². The zero-order valence-electron chi connectivity index (χ0n) is 21.3. The minimum absolute atomic E-state index is 0. The summed E-state index contributed by atoms with van der Waals surface area (Å²) >= 11 is 0. The Kier molecular flexibility index (Phi) is 32.5. The van der Waals surface area contributed by atoms with Crippen LogP contribution in [0.2, 0.25) is 0 Å². The van der Waals surface area contributed by atoms with Gasteiger partial charge in [0.1, 0.15) is 0 Å². The Labute approximate surface area is 215 Å². The maximum atomic E-state index is 2.35. The van der Waals surface area contributed by atoms with Crippen LogP contribution >= 0.6 is 0 Å². The van der Waals surface area contributed by atoms with Gasteiger partial charge in [-0.2, -0.15) is 24.3 Å². The van der Waals surface area contributed by atoms with Crippen molar-refractivity contribution in [3.8, 4) is 0 Å². The molecule has 0 amide bonds. The number of benzene rings is 2. The Balaban J connectivity index is -0.000000108. The summed E-state index contributed by atoms with van der Waals surface area (Å²) in [5.74, 6) is 0. The van der Waals surface area contributed by atoms with E-state index in [1.165, 1.54) is 52.8 Å². The first-order chi connectivity index (χ1) is 11.4. The number of aryl methyl sites for hydroxylation is 1. The van der Waals surface area contributed by atoms with Gasteiger partial charge in [-0.05, 0) is 5.39 Å². The second kappa shape index (κ2) is 23.2. The summed E-state index contributed by atoms with van der Waals surface area (Å²) in [5.41, 5.74) is 1.52. The molecule has 0 saturated heterocycles. The van der Waals surface area contributed by atoms with Gasteiger partial charge in [0.2, 0.25) is 0 Å². The van der Waals surface area contributed by atoms with E-state index in [4.69, 9.17) is 0 Å². The summed E-state index contributed by atoms with van der Waals surface area (Å²) in [7, 11) is 0. The average Bonchev–Trinajstić information content (AvgIpc) is 3.27. The van der Waals surface area contributed by atoms with Crippen LogP contribution in [0.1, 0.15) is 31.7 Å². The zero-order valence-corrected chi connectivity index (χ0v) is 24.9. The van der Waals surface area contributed by atoms with E-state index in [1.54, 1.807) is 0 Å². The van der Waals surface area contributed by atoms with Gasteiger partial charge in [-0.15, -0.1) is 28.5 Å². The summed E-state index contributed by atoms with van der Waals surface area (Å²) < 4.78 is 0. The molecule has 4 rings (SSSR count). The Morgan fingerprint density at radius 1 is 0.677 bits per heavy atom. The van der Waals surface area contributed by atoms with E-state index in [-0.39, 0.29) is 77.8 Å². The SMILES string of the molecule is CCCCC[c-]1ccc2cc3ccccc3cc21.[CH3-].[CH3-].[CH3-].[CH3-].[CH3-].[CH3-].[CH3-].[Hf].c1cc[cH-]c1. The van der Waals surface area contributed by atoms with Crippen molar-refractivity contribution in [3.05, 3.63) is 136 Å². The van der Waals surface area contributed by atoms with Crippen molar-refractivity contribution in [1.82, 2.24) is 0 Å². The van der Waals surface area contributed by atoms with Crippen LogP contribution < -0.4 is 0 Å². The van der Waals surface area contributed by atoms with Crippen LogP contribution in [-0.2, 0) is 32.3 Å². The van der Waals surface area contributed by atoms with Gasteiger partial charge < -0.3 is 52.0 Å². The third-order valence-corrected chi connectivity index (χ3v) is 4.33. The van der Waals surface area contributed by atoms with Crippen molar-refractivity contribution in [2.45, 2.75) is 32.6 Å². The Hall–Kier alpha value is -1.47. The molecule has 0 bridgehead atoms. The number of hydrogen-bond acceptors (Lipinski definition) is 0. The van der Waals surface area contributed by atoms with E-state index >= 15 is 0 Å². The second-order valence-corrected chi connectivity index (χ2v) is 6.06. The predicted octanol–water partition coefficient (Wildman–Crippen LogP) is 10.00. The molecule has 0 saturated carbocycles. The molecule has 0 aliphatic heterocycles. The fourth-order valence-electron chi connectivity index (χ4n) is 3.06. The quantitative estimate of drug-likeness (QED) is 0.127. The normalized spacial score (nSPS) is 7.90. The third-order valence-electron chi connectivity index (χ3n) is 4.33. The summed E-state index contributed by atoms with van der Waals surface area (Å²) in [6, 6.07) is 27.9. The average molecular weight is 584 g/mol. The van der Waals surface area contributed by atoms with E-state index in [9.17, 15) is 0 Å². The van der Waals surface area contributed by atoms with Gasteiger partial charge in [0.15, 0.2) is 0 Å². The maximum Gasteiger partial charge on any atom is 0 e. The van der Waals surface area contributed by atoms with Crippen molar-refractivity contribution in [2.24, 2.45) is 0 Å². The summed E-state index contributed by atoms with van der Waals surface area (Å²) in [6.45, 7) is 2.26. The fraction of sp³-hybridized carbons (Fsp3) is 0.167. The van der Waals surface area contributed by atoms with Crippen LogP contribution in [0.3, 0.4) is 0 Å².